The number of piperazine rings is 1. The van der Waals surface area contributed by atoms with Crippen LogP contribution in [0, 0.1) is 0 Å². The van der Waals surface area contributed by atoms with Crippen molar-refractivity contribution in [2.75, 3.05) is 26.2 Å². The molecule has 0 bridgehead atoms. The number of hydrogen-bond acceptors (Lipinski definition) is 3. The van der Waals surface area contributed by atoms with E-state index in [-0.39, 0.29) is 18.3 Å². The van der Waals surface area contributed by atoms with Gasteiger partial charge >= 0.3 is 0 Å². The van der Waals surface area contributed by atoms with Gasteiger partial charge in [-0.3, -0.25) is 9.69 Å². The molecule has 1 aliphatic rings. The van der Waals surface area contributed by atoms with E-state index in [1.165, 1.54) is 5.56 Å². The normalized spacial score (nSPS) is 14.2. The highest BCUT2D eigenvalue weighted by molar-refractivity contribution is 6.07. The van der Waals surface area contributed by atoms with Crippen LogP contribution in [0.15, 0.2) is 91.0 Å². The van der Waals surface area contributed by atoms with Crippen LogP contribution in [0.3, 0.4) is 0 Å². The highest BCUT2D eigenvalue weighted by atomic mass is 35.5. The topological polar surface area (TPSA) is 36.4 Å². The number of halogens is 1. The lowest BCUT2D eigenvalue weighted by atomic mass is 10.0. The molecule has 3 aromatic carbocycles. The molecular weight excluding hydrogens is 418 g/mol. The standard InChI is InChI=1S/C27H25N3O.ClH/c31-27(30-17-15-29(16-18-30)20-21-9-3-1-4-10-21)24-19-26(22-11-5-2-6-12-22)28-25-14-8-7-13-23(24)25;/h1-14,19H,15-18,20H2;1H. The van der Waals surface area contributed by atoms with Crippen molar-refractivity contribution in [3.8, 4) is 11.3 Å². The molecule has 5 rings (SSSR count). The molecule has 0 atom stereocenters. The molecular formula is C27H26ClN3O. The number of carbonyl (C=O) groups excluding carboxylic acids is 1. The largest absolute Gasteiger partial charge is 0.336 e. The Morgan fingerprint density at radius 2 is 1.41 bits per heavy atom. The number of amides is 1. The number of rotatable bonds is 4. The van der Waals surface area contributed by atoms with E-state index in [0.29, 0.717) is 0 Å². The van der Waals surface area contributed by atoms with E-state index in [0.717, 1.165) is 60.4 Å². The Bertz CT molecular complexity index is 1190. The van der Waals surface area contributed by atoms with Crippen LogP contribution in [0.1, 0.15) is 15.9 Å². The van der Waals surface area contributed by atoms with Gasteiger partial charge in [0.15, 0.2) is 0 Å². The minimum Gasteiger partial charge on any atom is -0.336 e. The first-order chi connectivity index (χ1) is 15.3. The average molecular weight is 444 g/mol. The van der Waals surface area contributed by atoms with Crippen LogP contribution in [0.4, 0.5) is 0 Å². The molecule has 4 aromatic rings. The Hall–Kier alpha value is -3.21. The summed E-state index contributed by atoms with van der Waals surface area (Å²) in [5, 5.41) is 0.916. The summed E-state index contributed by atoms with van der Waals surface area (Å²) in [7, 11) is 0. The smallest absolute Gasteiger partial charge is 0.254 e. The third kappa shape index (κ3) is 4.67. The molecule has 2 heterocycles. The van der Waals surface area contributed by atoms with Crippen molar-refractivity contribution in [1.29, 1.82) is 0 Å². The van der Waals surface area contributed by atoms with E-state index in [2.05, 4.69) is 29.2 Å². The number of nitrogens with zero attached hydrogens (tertiary/aromatic N) is 3. The van der Waals surface area contributed by atoms with Gasteiger partial charge in [-0.25, -0.2) is 4.98 Å². The van der Waals surface area contributed by atoms with Gasteiger partial charge in [-0.1, -0.05) is 78.9 Å². The Balaban J connectivity index is 0.00000245. The van der Waals surface area contributed by atoms with Crippen LogP contribution in [-0.2, 0) is 6.54 Å². The first-order valence-corrected chi connectivity index (χ1v) is 10.8. The summed E-state index contributed by atoms with van der Waals surface area (Å²) in [6.07, 6.45) is 0. The van der Waals surface area contributed by atoms with E-state index < -0.39 is 0 Å². The van der Waals surface area contributed by atoms with Gasteiger partial charge in [0.25, 0.3) is 5.91 Å². The zero-order chi connectivity index (χ0) is 21.0. The minimum absolute atomic E-state index is 0. The number of pyridine rings is 1. The van der Waals surface area contributed by atoms with Gasteiger partial charge in [-0.05, 0) is 17.7 Å². The molecule has 1 fully saturated rings. The lowest BCUT2D eigenvalue weighted by Crippen LogP contribution is -2.48. The maximum Gasteiger partial charge on any atom is 0.254 e. The molecule has 1 amide bonds. The van der Waals surface area contributed by atoms with Crippen molar-refractivity contribution in [3.05, 3.63) is 102 Å². The maximum atomic E-state index is 13.5. The van der Waals surface area contributed by atoms with Gasteiger partial charge in [0.1, 0.15) is 0 Å². The van der Waals surface area contributed by atoms with E-state index >= 15 is 0 Å². The van der Waals surface area contributed by atoms with Gasteiger partial charge < -0.3 is 4.90 Å². The van der Waals surface area contributed by atoms with E-state index in [1.54, 1.807) is 0 Å². The van der Waals surface area contributed by atoms with Crippen molar-refractivity contribution < 1.29 is 4.79 Å². The summed E-state index contributed by atoms with van der Waals surface area (Å²) in [4.78, 5) is 22.8. The monoisotopic (exact) mass is 443 g/mol. The fraction of sp³-hybridized carbons (Fsp3) is 0.185. The van der Waals surface area contributed by atoms with Crippen LogP contribution in [-0.4, -0.2) is 46.9 Å². The van der Waals surface area contributed by atoms with Crippen LogP contribution in [0.25, 0.3) is 22.2 Å². The van der Waals surface area contributed by atoms with Gasteiger partial charge in [-0.15, -0.1) is 12.4 Å². The van der Waals surface area contributed by atoms with Gasteiger partial charge in [0.2, 0.25) is 0 Å². The fourth-order valence-corrected chi connectivity index (χ4v) is 4.23. The summed E-state index contributed by atoms with van der Waals surface area (Å²) in [6, 6.07) is 30.5. The molecule has 0 radical (unpaired) electrons. The molecule has 4 nitrogen and oxygen atoms in total. The molecule has 1 aromatic heterocycles. The molecule has 0 aliphatic carbocycles. The van der Waals surface area contributed by atoms with E-state index in [1.807, 2.05) is 71.6 Å². The second kappa shape index (κ2) is 9.94. The highest BCUT2D eigenvalue weighted by Gasteiger charge is 2.24. The van der Waals surface area contributed by atoms with Crippen molar-refractivity contribution in [2.45, 2.75) is 6.54 Å². The number of para-hydroxylation sites is 1. The number of fused-ring (bicyclic) bond motifs is 1. The van der Waals surface area contributed by atoms with E-state index in [4.69, 9.17) is 4.98 Å². The number of aromatic nitrogens is 1. The molecule has 0 spiro atoms. The summed E-state index contributed by atoms with van der Waals surface area (Å²) in [5.74, 6) is 0.0927. The predicted molar refractivity (Wildman–Crippen MR) is 132 cm³/mol. The zero-order valence-electron chi connectivity index (χ0n) is 17.9. The maximum absolute atomic E-state index is 13.5. The fourth-order valence-electron chi connectivity index (χ4n) is 4.23. The van der Waals surface area contributed by atoms with Gasteiger partial charge in [0, 0.05) is 43.7 Å². The molecule has 0 N–H and O–H groups in total. The van der Waals surface area contributed by atoms with Gasteiger partial charge in [0.05, 0.1) is 16.8 Å². The van der Waals surface area contributed by atoms with Crippen LogP contribution < -0.4 is 0 Å². The molecule has 1 aliphatic heterocycles. The van der Waals surface area contributed by atoms with Crippen molar-refractivity contribution in [2.24, 2.45) is 0 Å². The highest BCUT2D eigenvalue weighted by Crippen LogP contribution is 2.26. The predicted octanol–water partition coefficient (Wildman–Crippen LogP) is 5.28. The van der Waals surface area contributed by atoms with E-state index in [9.17, 15) is 4.79 Å². The summed E-state index contributed by atoms with van der Waals surface area (Å²) in [6.45, 7) is 4.18. The van der Waals surface area contributed by atoms with Crippen molar-refractivity contribution >= 4 is 29.2 Å². The molecule has 0 unspecified atom stereocenters. The SMILES string of the molecule is Cl.O=C(c1cc(-c2ccccc2)nc2ccccc12)N1CCN(Cc2ccccc2)CC1. The Morgan fingerprint density at radius 1 is 0.781 bits per heavy atom. The molecule has 162 valence electrons. The minimum atomic E-state index is 0. The lowest BCUT2D eigenvalue weighted by Gasteiger charge is -2.35. The number of carbonyl (C=O) groups is 1. The Morgan fingerprint density at radius 3 is 2.12 bits per heavy atom. The second-order valence-electron chi connectivity index (χ2n) is 7.99. The summed E-state index contributed by atoms with van der Waals surface area (Å²) < 4.78 is 0. The van der Waals surface area contributed by atoms with Crippen LogP contribution >= 0.6 is 12.4 Å². The number of benzene rings is 3. The Kier molecular flexibility index (Phi) is 6.84. The molecule has 5 heteroatoms. The third-order valence-corrected chi connectivity index (χ3v) is 5.92. The lowest BCUT2D eigenvalue weighted by molar-refractivity contribution is 0.0630. The number of hydrogen-bond donors (Lipinski definition) is 0. The molecule has 0 saturated carbocycles. The van der Waals surface area contributed by atoms with Crippen LogP contribution in [0.5, 0.6) is 0 Å². The van der Waals surface area contributed by atoms with Crippen LogP contribution in [0.2, 0.25) is 0 Å². The second-order valence-corrected chi connectivity index (χ2v) is 7.99. The third-order valence-electron chi connectivity index (χ3n) is 5.92. The summed E-state index contributed by atoms with van der Waals surface area (Å²) in [5.41, 5.74) is 4.77. The average Bonchev–Trinajstić information content (AvgIpc) is 2.84. The van der Waals surface area contributed by atoms with Crippen molar-refractivity contribution in [1.82, 2.24) is 14.8 Å². The summed E-state index contributed by atoms with van der Waals surface area (Å²) >= 11 is 0. The quantitative estimate of drug-likeness (QED) is 0.430. The van der Waals surface area contributed by atoms with Crippen molar-refractivity contribution in [3.63, 3.8) is 0 Å². The zero-order valence-corrected chi connectivity index (χ0v) is 18.7. The molecule has 1 saturated heterocycles. The first kappa shape index (κ1) is 22.0. The molecule has 32 heavy (non-hydrogen) atoms. The Labute approximate surface area is 194 Å². The first-order valence-electron chi connectivity index (χ1n) is 10.8. The van der Waals surface area contributed by atoms with Gasteiger partial charge in [-0.2, -0.15) is 0 Å².